The van der Waals surface area contributed by atoms with Gasteiger partial charge >= 0.3 is 5.97 Å². The molecule has 0 aromatic heterocycles. The first-order valence-corrected chi connectivity index (χ1v) is 13.9. The lowest BCUT2D eigenvalue weighted by Gasteiger charge is -2.33. The lowest BCUT2D eigenvalue weighted by atomic mass is 9.80. The monoisotopic (exact) mass is 538 g/mol. The van der Waals surface area contributed by atoms with E-state index < -0.39 is 5.41 Å². The smallest absolute Gasteiger partial charge is 0.305 e. The maximum Gasteiger partial charge on any atom is 0.305 e. The van der Waals surface area contributed by atoms with E-state index in [1.807, 2.05) is 49.4 Å². The van der Waals surface area contributed by atoms with Gasteiger partial charge < -0.3 is 14.2 Å². The molecule has 0 aliphatic carbocycles. The Morgan fingerprint density at radius 2 is 1.15 bits per heavy atom. The van der Waals surface area contributed by atoms with Crippen LogP contribution in [0.5, 0.6) is 0 Å². The minimum atomic E-state index is -0.393. The molecule has 3 rings (SSSR count). The summed E-state index contributed by atoms with van der Waals surface area (Å²) >= 11 is 0. The zero-order chi connectivity index (χ0) is 28.6. The van der Waals surface area contributed by atoms with Crippen LogP contribution in [0, 0.1) is 5.41 Å². The van der Waals surface area contributed by atoms with Crippen LogP contribution in [0.2, 0.25) is 0 Å². The molecule has 0 saturated carbocycles. The number of benzene rings is 3. The molecule has 0 aliphatic heterocycles. The quantitative estimate of drug-likeness (QED) is 0.121. The van der Waals surface area contributed by atoms with Crippen molar-refractivity contribution >= 4 is 24.2 Å². The fourth-order valence-electron chi connectivity index (χ4n) is 4.38. The first-order valence-electron chi connectivity index (χ1n) is 13.9. The second-order valence-electron chi connectivity index (χ2n) is 10.1. The zero-order valence-electron chi connectivity index (χ0n) is 23.8. The van der Waals surface area contributed by atoms with E-state index in [0.717, 1.165) is 40.7 Å². The molecule has 0 heterocycles. The summed E-state index contributed by atoms with van der Waals surface area (Å²) in [4.78, 5) is 12.2. The maximum absolute atomic E-state index is 12.2. The number of hydrogen-bond acceptors (Lipinski definition) is 4. The van der Waals surface area contributed by atoms with Gasteiger partial charge in [0.05, 0.1) is 26.4 Å². The SMILES string of the molecule is C=Cc1ccc(CCC(CCOCc2ccc(C=C)cc2)(COCc2ccc(C=C)cc2)COC(=O)CC)cc1. The molecule has 0 amide bonds. The summed E-state index contributed by atoms with van der Waals surface area (Å²) in [6, 6.07) is 24.8. The standard InChI is InChI=1S/C36H42O4/c1-5-29-9-15-32(16-10-29)21-22-36(28-40-35(37)8-4,27-39-26-34-19-13-31(7-3)14-20-34)23-24-38-25-33-17-11-30(6-2)12-18-33/h5-7,9-20H,1-3,8,21-28H2,4H3. The molecule has 210 valence electrons. The van der Waals surface area contributed by atoms with E-state index in [4.69, 9.17) is 14.2 Å². The molecule has 1 unspecified atom stereocenters. The first-order chi connectivity index (χ1) is 19.5. The number of ether oxygens (including phenoxy) is 3. The molecule has 40 heavy (non-hydrogen) atoms. The van der Waals surface area contributed by atoms with E-state index in [-0.39, 0.29) is 12.6 Å². The van der Waals surface area contributed by atoms with Crippen molar-refractivity contribution in [3.63, 3.8) is 0 Å². The summed E-state index contributed by atoms with van der Waals surface area (Å²) in [6.45, 7) is 15.6. The molecule has 3 aromatic rings. The highest BCUT2D eigenvalue weighted by atomic mass is 16.5. The van der Waals surface area contributed by atoms with Gasteiger partial charge in [0.15, 0.2) is 0 Å². The van der Waals surface area contributed by atoms with Crippen LogP contribution in [0.1, 0.15) is 59.6 Å². The predicted molar refractivity (Wildman–Crippen MR) is 166 cm³/mol. The molecular formula is C36H42O4. The molecule has 0 radical (unpaired) electrons. The van der Waals surface area contributed by atoms with Crippen LogP contribution in [-0.2, 0) is 38.6 Å². The lowest BCUT2D eigenvalue weighted by Crippen LogP contribution is -2.35. The first kappa shape index (κ1) is 30.8. The molecule has 0 bridgehead atoms. The van der Waals surface area contributed by atoms with E-state index >= 15 is 0 Å². The molecule has 0 fully saturated rings. The highest BCUT2D eigenvalue weighted by molar-refractivity contribution is 5.68. The van der Waals surface area contributed by atoms with Gasteiger partial charge in [0, 0.05) is 18.4 Å². The van der Waals surface area contributed by atoms with Gasteiger partial charge in [0.1, 0.15) is 0 Å². The fourth-order valence-corrected chi connectivity index (χ4v) is 4.38. The Morgan fingerprint density at radius 3 is 1.62 bits per heavy atom. The molecule has 0 spiro atoms. The van der Waals surface area contributed by atoms with Gasteiger partial charge in [0.2, 0.25) is 0 Å². The lowest BCUT2D eigenvalue weighted by molar-refractivity contribution is -0.150. The van der Waals surface area contributed by atoms with Crippen molar-refractivity contribution in [1.29, 1.82) is 0 Å². The van der Waals surface area contributed by atoms with Crippen molar-refractivity contribution in [1.82, 2.24) is 0 Å². The van der Waals surface area contributed by atoms with Crippen molar-refractivity contribution in [2.45, 2.75) is 45.8 Å². The topological polar surface area (TPSA) is 44.8 Å². The van der Waals surface area contributed by atoms with Gasteiger partial charge in [0.25, 0.3) is 0 Å². The predicted octanol–water partition coefficient (Wildman–Crippen LogP) is 8.31. The average Bonchev–Trinajstić information content (AvgIpc) is 3.01. The average molecular weight is 539 g/mol. The van der Waals surface area contributed by atoms with Crippen molar-refractivity contribution in [2.75, 3.05) is 19.8 Å². The van der Waals surface area contributed by atoms with Crippen molar-refractivity contribution in [2.24, 2.45) is 5.41 Å². The van der Waals surface area contributed by atoms with E-state index in [2.05, 4.69) is 68.3 Å². The Hall–Kier alpha value is -3.73. The van der Waals surface area contributed by atoms with Gasteiger partial charge in [-0.2, -0.15) is 0 Å². The van der Waals surface area contributed by atoms with E-state index in [1.165, 1.54) is 5.56 Å². The Labute approximate surface area is 240 Å². The normalized spacial score (nSPS) is 12.3. The van der Waals surface area contributed by atoms with Crippen LogP contribution in [0.3, 0.4) is 0 Å². The number of aryl methyl sites for hydroxylation is 1. The highest BCUT2D eigenvalue weighted by Gasteiger charge is 2.32. The molecule has 0 saturated heterocycles. The van der Waals surface area contributed by atoms with Gasteiger partial charge in [-0.1, -0.05) is 118 Å². The van der Waals surface area contributed by atoms with Crippen molar-refractivity contribution in [3.05, 3.63) is 126 Å². The Balaban J connectivity index is 1.72. The van der Waals surface area contributed by atoms with E-state index in [0.29, 0.717) is 39.3 Å². The minimum absolute atomic E-state index is 0.206. The molecule has 3 aromatic carbocycles. The summed E-state index contributed by atoms with van der Waals surface area (Å²) in [7, 11) is 0. The molecule has 4 nitrogen and oxygen atoms in total. The fraction of sp³-hybridized carbons (Fsp3) is 0.306. The van der Waals surface area contributed by atoms with Crippen LogP contribution < -0.4 is 0 Å². The van der Waals surface area contributed by atoms with Crippen LogP contribution in [0.15, 0.2) is 92.5 Å². The Kier molecular flexibility index (Phi) is 12.6. The van der Waals surface area contributed by atoms with Crippen molar-refractivity contribution in [3.8, 4) is 0 Å². The third kappa shape index (κ3) is 10.1. The van der Waals surface area contributed by atoms with Crippen LogP contribution in [0.25, 0.3) is 18.2 Å². The maximum atomic E-state index is 12.2. The van der Waals surface area contributed by atoms with Gasteiger partial charge in [-0.3, -0.25) is 4.79 Å². The Morgan fingerprint density at radius 1 is 0.675 bits per heavy atom. The summed E-state index contributed by atoms with van der Waals surface area (Å²) in [6.07, 6.45) is 8.17. The number of rotatable bonds is 18. The number of hydrogen-bond donors (Lipinski definition) is 0. The molecule has 0 aliphatic rings. The third-order valence-electron chi connectivity index (χ3n) is 7.14. The minimum Gasteiger partial charge on any atom is -0.465 e. The van der Waals surface area contributed by atoms with Crippen LogP contribution in [-0.4, -0.2) is 25.8 Å². The largest absolute Gasteiger partial charge is 0.465 e. The second kappa shape index (κ2) is 16.4. The summed E-state index contributed by atoms with van der Waals surface area (Å²) in [5.41, 5.74) is 6.27. The highest BCUT2D eigenvalue weighted by Crippen LogP contribution is 2.31. The van der Waals surface area contributed by atoms with Gasteiger partial charge in [-0.15, -0.1) is 0 Å². The second-order valence-corrected chi connectivity index (χ2v) is 10.1. The number of carbonyl (C=O) groups excluding carboxylic acids is 1. The zero-order valence-corrected chi connectivity index (χ0v) is 23.8. The summed E-state index contributed by atoms with van der Waals surface area (Å²) in [5, 5.41) is 0. The van der Waals surface area contributed by atoms with Crippen LogP contribution >= 0.6 is 0 Å². The molecule has 0 N–H and O–H groups in total. The summed E-state index contributed by atoms with van der Waals surface area (Å²) in [5.74, 6) is -0.206. The molecule has 1 atom stereocenters. The summed E-state index contributed by atoms with van der Waals surface area (Å²) < 4.78 is 18.2. The molecule has 4 heteroatoms. The number of carbonyl (C=O) groups is 1. The van der Waals surface area contributed by atoms with Gasteiger partial charge in [-0.25, -0.2) is 0 Å². The number of esters is 1. The van der Waals surface area contributed by atoms with Gasteiger partial charge in [-0.05, 0) is 52.6 Å². The Bertz CT molecular complexity index is 1210. The third-order valence-corrected chi connectivity index (χ3v) is 7.14. The van der Waals surface area contributed by atoms with E-state index in [9.17, 15) is 4.79 Å². The van der Waals surface area contributed by atoms with E-state index in [1.54, 1.807) is 0 Å². The van der Waals surface area contributed by atoms with Crippen LogP contribution in [0.4, 0.5) is 0 Å². The van der Waals surface area contributed by atoms with Crippen molar-refractivity contribution < 1.29 is 19.0 Å². The molecular weight excluding hydrogens is 496 g/mol.